The van der Waals surface area contributed by atoms with Crippen LogP contribution in [0.5, 0.6) is 11.5 Å². The molecule has 0 unspecified atom stereocenters. The lowest BCUT2D eigenvalue weighted by molar-refractivity contribution is -0.385. The van der Waals surface area contributed by atoms with Gasteiger partial charge in [0.1, 0.15) is 0 Å². The fourth-order valence-electron chi connectivity index (χ4n) is 2.07. The fraction of sp³-hybridized carbons (Fsp3) is 0.125. The topological polar surface area (TPSA) is 114 Å². The Morgan fingerprint density at radius 3 is 2.84 bits per heavy atom. The maximum Gasteiger partial charge on any atom is 0.273 e. The number of halogens is 1. The summed E-state index contributed by atoms with van der Waals surface area (Å²) in [4.78, 5) is 22.3. The molecule has 2 aromatic carbocycles. The smallest absolute Gasteiger partial charge is 0.273 e. The van der Waals surface area contributed by atoms with Crippen LogP contribution in [0.3, 0.4) is 0 Å². The average molecular weight is 408 g/mol. The molecule has 0 heterocycles. The number of ether oxygens (including phenoxy) is 1. The first-order chi connectivity index (χ1) is 11.9. The molecule has 1 amide bonds. The lowest BCUT2D eigenvalue weighted by Crippen LogP contribution is -2.20. The van der Waals surface area contributed by atoms with Gasteiger partial charge in [-0.15, -0.1) is 0 Å². The highest BCUT2D eigenvalue weighted by atomic mass is 79.9. The fourth-order valence-corrected chi connectivity index (χ4v) is 2.53. The molecule has 130 valence electrons. The summed E-state index contributed by atoms with van der Waals surface area (Å²) in [5.41, 5.74) is 2.76. The molecule has 0 aliphatic carbocycles. The van der Waals surface area contributed by atoms with Gasteiger partial charge in [-0.3, -0.25) is 14.9 Å². The highest BCUT2D eigenvalue weighted by Crippen LogP contribution is 2.32. The molecule has 2 rings (SSSR count). The van der Waals surface area contributed by atoms with Gasteiger partial charge >= 0.3 is 0 Å². The minimum Gasteiger partial charge on any atom is -0.504 e. The Balaban J connectivity index is 2.07. The molecule has 25 heavy (non-hydrogen) atoms. The molecule has 0 spiro atoms. The second kappa shape index (κ2) is 8.25. The minimum atomic E-state index is -0.544. The van der Waals surface area contributed by atoms with E-state index in [4.69, 9.17) is 4.74 Å². The van der Waals surface area contributed by atoms with Gasteiger partial charge in [0.05, 0.1) is 24.7 Å². The number of para-hydroxylation sites is 1. The van der Waals surface area contributed by atoms with Crippen molar-refractivity contribution in [2.75, 3.05) is 7.11 Å². The Morgan fingerprint density at radius 1 is 1.44 bits per heavy atom. The van der Waals surface area contributed by atoms with Crippen molar-refractivity contribution in [2.24, 2.45) is 5.10 Å². The van der Waals surface area contributed by atoms with Gasteiger partial charge in [0, 0.05) is 21.7 Å². The van der Waals surface area contributed by atoms with E-state index in [0.29, 0.717) is 10.0 Å². The SMILES string of the molecule is COc1cc(Br)cc(/C=N/NC(=O)Cc2ccccc2[N+](=O)[O-])c1O. The largest absolute Gasteiger partial charge is 0.504 e. The number of nitrogens with zero attached hydrogens (tertiary/aromatic N) is 2. The summed E-state index contributed by atoms with van der Waals surface area (Å²) in [6, 6.07) is 9.16. The molecule has 9 heteroatoms. The Kier molecular flexibility index (Phi) is 6.07. The predicted octanol–water partition coefficient (Wildman–Crippen LogP) is 2.76. The standard InChI is InChI=1S/C16H14BrN3O5/c1-25-14-8-12(17)6-11(16(14)22)9-18-19-15(21)7-10-4-2-3-5-13(10)20(23)24/h2-6,8-9,22H,7H2,1H3,(H,19,21)/b18-9+. The molecule has 0 aromatic heterocycles. The first-order valence-electron chi connectivity index (χ1n) is 7.03. The third kappa shape index (κ3) is 4.77. The molecule has 0 aliphatic heterocycles. The zero-order chi connectivity index (χ0) is 18.4. The molecule has 0 saturated carbocycles. The van der Waals surface area contributed by atoms with Crippen LogP contribution in [0.1, 0.15) is 11.1 Å². The average Bonchev–Trinajstić information content (AvgIpc) is 2.57. The van der Waals surface area contributed by atoms with Gasteiger partial charge in [0.25, 0.3) is 5.69 Å². The highest BCUT2D eigenvalue weighted by molar-refractivity contribution is 9.10. The van der Waals surface area contributed by atoms with E-state index in [9.17, 15) is 20.0 Å². The quantitative estimate of drug-likeness (QED) is 0.434. The van der Waals surface area contributed by atoms with E-state index in [1.54, 1.807) is 18.2 Å². The van der Waals surface area contributed by atoms with Crippen LogP contribution in [0.25, 0.3) is 0 Å². The molecule has 2 aromatic rings. The predicted molar refractivity (Wildman–Crippen MR) is 94.9 cm³/mol. The van der Waals surface area contributed by atoms with Crippen molar-refractivity contribution in [1.29, 1.82) is 0 Å². The van der Waals surface area contributed by atoms with Gasteiger partial charge in [-0.2, -0.15) is 5.10 Å². The first kappa shape index (κ1) is 18.4. The lowest BCUT2D eigenvalue weighted by atomic mass is 10.1. The lowest BCUT2D eigenvalue weighted by Gasteiger charge is -2.06. The number of phenolic OH excluding ortho intramolecular Hbond substituents is 1. The van der Waals surface area contributed by atoms with E-state index < -0.39 is 10.8 Å². The summed E-state index contributed by atoms with van der Waals surface area (Å²) in [7, 11) is 1.41. The molecule has 8 nitrogen and oxygen atoms in total. The molecule has 0 radical (unpaired) electrons. The number of nitro groups is 1. The number of methoxy groups -OCH3 is 1. The van der Waals surface area contributed by atoms with Gasteiger partial charge in [0.15, 0.2) is 11.5 Å². The van der Waals surface area contributed by atoms with Crippen LogP contribution in [0, 0.1) is 10.1 Å². The van der Waals surface area contributed by atoms with E-state index in [1.165, 1.54) is 31.5 Å². The summed E-state index contributed by atoms with van der Waals surface area (Å²) in [5.74, 6) is -0.392. The first-order valence-corrected chi connectivity index (χ1v) is 7.82. The summed E-state index contributed by atoms with van der Waals surface area (Å²) >= 11 is 3.27. The number of carbonyl (C=O) groups is 1. The van der Waals surface area contributed by atoms with E-state index in [2.05, 4.69) is 26.5 Å². The van der Waals surface area contributed by atoms with Crippen molar-refractivity contribution in [3.05, 3.63) is 62.1 Å². The van der Waals surface area contributed by atoms with E-state index >= 15 is 0 Å². The molecule has 0 fully saturated rings. The number of hydrogen-bond acceptors (Lipinski definition) is 6. The van der Waals surface area contributed by atoms with Crippen molar-refractivity contribution in [3.8, 4) is 11.5 Å². The maximum absolute atomic E-state index is 11.9. The number of hydrogen-bond donors (Lipinski definition) is 2. The maximum atomic E-state index is 11.9. The number of hydrazone groups is 1. The molecule has 0 saturated heterocycles. The third-order valence-corrected chi connectivity index (χ3v) is 3.68. The molecule has 0 bridgehead atoms. The van der Waals surface area contributed by atoms with Crippen LogP contribution < -0.4 is 10.2 Å². The van der Waals surface area contributed by atoms with Crippen LogP contribution in [0.15, 0.2) is 46.0 Å². The number of nitro benzene ring substituents is 1. The number of phenols is 1. The Bertz CT molecular complexity index is 839. The number of nitrogens with one attached hydrogen (secondary N) is 1. The zero-order valence-electron chi connectivity index (χ0n) is 13.1. The number of aromatic hydroxyl groups is 1. The van der Waals surface area contributed by atoms with Crippen LogP contribution in [0.4, 0.5) is 5.69 Å². The van der Waals surface area contributed by atoms with Crippen molar-refractivity contribution in [2.45, 2.75) is 6.42 Å². The summed E-state index contributed by atoms with van der Waals surface area (Å²) in [5, 5.41) is 24.7. The Morgan fingerprint density at radius 2 is 2.16 bits per heavy atom. The van der Waals surface area contributed by atoms with E-state index in [1.807, 2.05) is 0 Å². The molecule has 2 N–H and O–H groups in total. The number of carbonyl (C=O) groups excluding carboxylic acids is 1. The van der Waals surface area contributed by atoms with Crippen molar-refractivity contribution < 1.29 is 19.6 Å². The van der Waals surface area contributed by atoms with Gasteiger partial charge in [0.2, 0.25) is 5.91 Å². The van der Waals surface area contributed by atoms with Crippen LogP contribution in [-0.4, -0.2) is 29.3 Å². The van der Waals surface area contributed by atoms with Gasteiger partial charge in [-0.1, -0.05) is 34.1 Å². The number of benzene rings is 2. The summed E-state index contributed by atoms with van der Waals surface area (Å²) in [6.45, 7) is 0. The van der Waals surface area contributed by atoms with E-state index in [-0.39, 0.29) is 29.2 Å². The monoisotopic (exact) mass is 407 g/mol. The third-order valence-electron chi connectivity index (χ3n) is 3.22. The Hall–Kier alpha value is -2.94. The molecule has 0 aliphatic rings. The minimum absolute atomic E-state index is 0.123. The summed E-state index contributed by atoms with van der Waals surface area (Å²) < 4.78 is 5.68. The summed E-state index contributed by atoms with van der Waals surface area (Å²) in [6.07, 6.45) is 1.06. The van der Waals surface area contributed by atoms with Crippen molar-refractivity contribution >= 4 is 33.7 Å². The van der Waals surface area contributed by atoms with Gasteiger partial charge in [-0.05, 0) is 12.1 Å². The number of amides is 1. The molecule has 0 atom stereocenters. The van der Waals surface area contributed by atoms with Gasteiger partial charge < -0.3 is 9.84 Å². The second-order valence-electron chi connectivity index (χ2n) is 4.90. The van der Waals surface area contributed by atoms with Crippen molar-refractivity contribution in [1.82, 2.24) is 5.43 Å². The molecular weight excluding hydrogens is 394 g/mol. The van der Waals surface area contributed by atoms with E-state index in [0.717, 1.165) is 0 Å². The van der Waals surface area contributed by atoms with Crippen molar-refractivity contribution in [3.63, 3.8) is 0 Å². The van der Waals surface area contributed by atoms with Crippen LogP contribution >= 0.6 is 15.9 Å². The zero-order valence-corrected chi connectivity index (χ0v) is 14.7. The number of rotatable bonds is 6. The van der Waals surface area contributed by atoms with Crippen LogP contribution in [0.2, 0.25) is 0 Å². The molecular formula is C16H14BrN3O5. The highest BCUT2D eigenvalue weighted by Gasteiger charge is 2.15. The normalized spacial score (nSPS) is 10.6. The van der Waals surface area contributed by atoms with Gasteiger partial charge in [-0.25, -0.2) is 5.43 Å². The Labute approximate surface area is 151 Å². The second-order valence-corrected chi connectivity index (χ2v) is 5.82. The van der Waals surface area contributed by atoms with Crippen LogP contribution in [-0.2, 0) is 11.2 Å².